The van der Waals surface area contributed by atoms with E-state index in [0.29, 0.717) is 6.61 Å². The van der Waals surface area contributed by atoms with Gasteiger partial charge in [-0.15, -0.1) is 0 Å². The molecule has 0 atom stereocenters. The van der Waals surface area contributed by atoms with Crippen LogP contribution in [0.25, 0.3) is 22.3 Å². The second kappa shape index (κ2) is 8.85. The number of ether oxygens (including phenoxy) is 2. The highest BCUT2D eigenvalue weighted by molar-refractivity contribution is 6.30. The molecule has 144 valence electrons. The average Bonchev–Trinajstić information content (AvgIpc) is 2.79. The van der Waals surface area contributed by atoms with Crippen molar-refractivity contribution in [2.24, 2.45) is 0 Å². The van der Waals surface area contributed by atoms with Gasteiger partial charge in [0.15, 0.2) is 0 Å². The summed E-state index contributed by atoms with van der Waals surface area (Å²) in [5, 5.41) is 0.721. The lowest BCUT2D eigenvalue weighted by molar-refractivity contribution is 0.306. The normalized spacial score (nSPS) is 10.6. The molecular weight excluding hydrogens is 380 g/mol. The SMILES string of the molecule is COc1ccc(-c2ccc(Cl)cc2)c(COc2ccc(-c3ccccc3)cc2)c1. The van der Waals surface area contributed by atoms with Gasteiger partial charge in [-0.3, -0.25) is 0 Å². The minimum Gasteiger partial charge on any atom is -0.497 e. The van der Waals surface area contributed by atoms with Crippen molar-refractivity contribution in [1.82, 2.24) is 0 Å². The fourth-order valence-corrected chi connectivity index (χ4v) is 3.39. The molecule has 0 unspecified atom stereocenters. The van der Waals surface area contributed by atoms with Crippen molar-refractivity contribution in [2.45, 2.75) is 6.61 Å². The first-order valence-electron chi connectivity index (χ1n) is 9.44. The fraction of sp³-hybridized carbons (Fsp3) is 0.0769. The molecule has 4 rings (SSSR count). The van der Waals surface area contributed by atoms with Crippen molar-refractivity contribution < 1.29 is 9.47 Å². The number of benzene rings is 4. The molecule has 0 heterocycles. The highest BCUT2D eigenvalue weighted by atomic mass is 35.5. The zero-order valence-corrected chi connectivity index (χ0v) is 16.9. The minimum atomic E-state index is 0.444. The Balaban J connectivity index is 1.55. The first-order valence-corrected chi connectivity index (χ1v) is 9.82. The summed E-state index contributed by atoms with van der Waals surface area (Å²) in [6.45, 7) is 0.444. The predicted molar refractivity (Wildman–Crippen MR) is 120 cm³/mol. The van der Waals surface area contributed by atoms with Gasteiger partial charge in [0.25, 0.3) is 0 Å². The molecule has 3 heteroatoms. The van der Waals surface area contributed by atoms with Gasteiger partial charge < -0.3 is 9.47 Å². The van der Waals surface area contributed by atoms with Crippen LogP contribution in [-0.2, 0) is 6.61 Å². The first kappa shape index (κ1) is 19.1. The van der Waals surface area contributed by atoms with E-state index >= 15 is 0 Å². The van der Waals surface area contributed by atoms with Crippen LogP contribution in [0.15, 0.2) is 97.1 Å². The molecule has 0 amide bonds. The summed E-state index contributed by atoms with van der Waals surface area (Å²) < 4.78 is 11.5. The quantitative estimate of drug-likeness (QED) is 0.339. The standard InChI is InChI=1S/C26H21ClO2/c1-28-25-15-16-26(21-7-11-23(27)12-8-21)22(17-25)18-29-24-13-9-20(10-14-24)19-5-3-2-4-6-19/h2-17H,18H2,1H3. The van der Waals surface area contributed by atoms with Gasteiger partial charge in [-0.1, -0.05) is 72.3 Å². The van der Waals surface area contributed by atoms with E-state index in [2.05, 4.69) is 30.3 Å². The van der Waals surface area contributed by atoms with Gasteiger partial charge in [-0.05, 0) is 58.7 Å². The van der Waals surface area contributed by atoms with Crippen LogP contribution in [0.4, 0.5) is 0 Å². The molecule has 0 aliphatic carbocycles. The zero-order chi connectivity index (χ0) is 20.1. The van der Waals surface area contributed by atoms with E-state index in [0.717, 1.165) is 33.2 Å². The van der Waals surface area contributed by atoms with Crippen LogP contribution in [0.1, 0.15) is 5.56 Å². The fourth-order valence-electron chi connectivity index (χ4n) is 3.26. The van der Waals surface area contributed by atoms with Crippen LogP contribution in [-0.4, -0.2) is 7.11 Å². The van der Waals surface area contributed by atoms with Crippen LogP contribution < -0.4 is 9.47 Å². The summed E-state index contributed by atoms with van der Waals surface area (Å²) in [7, 11) is 1.67. The summed E-state index contributed by atoms with van der Waals surface area (Å²) >= 11 is 6.04. The predicted octanol–water partition coefficient (Wildman–Crippen LogP) is 7.26. The summed E-state index contributed by atoms with van der Waals surface area (Å²) in [6, 6.07) is 32.3. The van der Waals surface area contributed by atoms with Crippen LogP contribution in [0, 0.1) is 0 Å². The largest absolute Gasteiger partial charge is 0.497 e. The van der Waals surface area contributed by atoms with Crippen molar-refractivity contribution in [3.63, 3.8) is 0 Å². The Hall–Kier alpha value is -3.23. The summed E-state index contributed by atoms with van der Waals surface area (Å²) in [5.74, 6) is 1.63. The third-order valence-corrected chi connectivity index (χ3v) is 5.08. The Morgan fingerprint density at radius 2 is 1.28 bits per heavy atom. The number of rotatable bonds is 6. The molecule has 0 saturated heterocycles. The Morgan fingerprint density at radius 3 is 1.97 bits per heavy atom. The molecule has 0 N–H and O–H groups in total. The van der Waals surface area contributed by atoms with Gasteiger partial charge in [0.2, 0.25) is 0 Å². The molecule has 0 saturated carbocycles. The molecule has 0 aliphatic heterocycles. The summed E-state index contributed by atoms with van der Waals surface area (Å²) in [5.41, 5.74) is 5.61. The topological polar surface area (TPSA) is 18.5 Å². The van der Waals surface area contributed by atoms with E-state index in [9.17, 15) is 0 Å². The number of hydrogen-bond acceptors (Lipinski definition) is 2. The second-order valence-corrected chi connectivity index (χ2v) is 7.15. The molecule has 0 bridgehead atoms. The molecule has 2 nitrogen and oxygen atoms in total. The Morgan fingerprint density at radius 1 is 0.655 bits per heavy atom. The lowest BCUT2D eigenvalue weighted by Gasteiger charge is -2.14. The van der Waals surface area contributed by atoms with E-state index in [1.165, 1.54) is 11.1 Å². The van der Waals surface area contributed by atoms with Crippen molar-refractivity contribution in [2.75, 3.05) is 7.11 Å². The number of halogens is 1. The zero-order valence-electron chi connectivity index (χ0n) is 16.1. The minimum absolute atomic E-state index is 0.444. The third-order valence-electron chi connectivity index (χ3n) is 4.82. The molecule has 0 spiro atoms. The van der Waals surface area contributed by atoms with E-state index in [1.807, 2.05) is 66.7 Å². The highest BCUT2D eigenvalue weighted by Crippen LogP contribution is 2.30. The van der Waals surface area contributed by atoms with Crippen LogP contribution in [0.5, 0.6) is 11.5 Å². The molecule has 4 aromatic carbocycles. The maximum absolute atomic E-state index is 6.09. The molecule has 29 heavy (non-hydrogen) atoms. The van der Waals surface area contributed by atoms with Gasteiger partial charge in [0.1, 0.15) is 18.1 Å². The maximum Gasteiger partial charge on any atom is 0.119 e. The Labute approximate surface area is 176 Å². The van der Waals surface area contributed by atoms with Gasteiger partial charge in [0.05, 0.1) is 7.11 Å². The number of methoxy groups -OCH3 is 1. The van der Waals surface area contributed by atoms with E-state index < -0.39 is 0 Å². The smallest absolute Gasteiger partial charge is 0.119 e. The molecule has 0 fully saturated rings. The van der Waals surface area contributed by atoms with Crippen molar-refractivity contribution in [3.8, 4) is 33.8 Å². The van der Waals surface area contributed by atoms with Crippen molar-refractivity contribution >= 4 is 11.6 Å². The van der Waals surface area contributed by atoms with Gasteiger partial charge in [-0.25, -0.2) is 0 Å². The third kappa shape index (κ3) is 4.61. The molecule has 4 aromatic rings. The average molecular weight is 401 g/mol. The van der Waals surface area contributed by atoms with E-state index in [4.69, 9.17) is 21.1 Å². The van der Waals surface area contributed by atoms with E-state index in [1.54, 1.807) is 7.11 Å². The van der Waals surface area contributed by atoms with Crippen LogP contribution >= 0.6 is 11.6 Å². The van der Waals surface area contributed by atoms with Gasteiger partial charge in [-0.2, -0.15) is 0 Å². The first-order chi connectivity index (χ1) is 14.2. The van der Waals surface area contributed by atoms with Crippen molar-refractivity contribution in [3.05, 3.63) is 108 Å². The summed E-state index contributed by atoms with van der Waals surface area (Å²) in [6.07, 6.45) is 0. The summed E-state index contributed by atoms with van der Waals surface area (Å²) in [4.78, 5) is 0. The second-order valence-electron chi connectivity index (χ2n) is 6.71. The Kier molecular flexibility index (Phi) is 5.83. The van der Waals surface area contributed by atoms with Crippen LogP contribution in [0.3, 0.4) is 0 Å². The van der Waals surface area contributed by atoms with Gasteiger partial charge in [0, 0.05) is 10.6 Å². The highest BCUT2D eigenvalue weighted by Gasteiger charge is 2.09. The molecule has 0 aliphatic rings. The number of hydrogen-bond donors (Lipinski definition) is 0. The lowest BCUT2D eigenvalue weighted by Crippen LogP contribution is -1.99. The monoisotopic (exact) mass is 400 g/mol. The maximum atomic E-state index is 6.09. The van der Waals surface area contributed by atoms with Gasteiger partial charge >= 0.3 is 0 Å². The Bertz CT molecular complexity index is 1070. The van der Waals surface area contributed by atoms with Crippen molar-refractivity contribution in [1.29, 1.82) is 0 Å². The molecule has 0 aromatic heterocycles. The lowest BCUT2D eigenvalue weighted by atomic mass is 10.00. The van der Waals surface area contributed by atoms with E-state index in [-0.39, 0.29) is 0 Å². The molecular formula is C26H21ClO2. The molecule has 0 radical (unpaired) electrons. The van der Waals surface area contributed by atoms with Crippen LogP contribution in [0.2, 0.25) is 5.02 Å².